The highest BCUT2D eigenvalue weighted by Gasteiger charge is 2.26. The third kappa shape index (κ3) is 3.97. The Morgan fingerprint density at radius 3 is 2.52 bits per heavy atom. The molecule has 4 rings (SSSR count). The van der Waals surface area contributed by atoms with Crippen LogP contribution in [0.15, 0.2) is 36.5 Å². The number of nitrogens with one attached hydrogen (secondary N) is 1. The molecule has 3 aromatic rings. The number of aliphatic hydroxyl groups excluding tert-OH is 1. The first-order chi connectivity index (χ1) is 13.9. The minimum Gasteiger partial charge on any atom is -0.391 e. The standard InChI is InChI=1S/C22H28ClN5O/c1-22(2,3)19-14-20(27-10-8-26(9-11-27)12-13-29)28-21(25-19)17(15-24-28)16-6-4-5-7-18(16)23/h4-7,14-15,29H,8-13H2,1-3H3/p+1. The molecule has 0 atom stereocenters. The summed E-state index contributed by atoms with van der Waals surface area (Å²) in [6.07, 6.45) is 1.87. The van der Waals surface area contributed by atoms with Crippen LogP contribution < -0.4 is 9.80 Å². The van der Waals surface area contributed by atoms with Gasteiger partial charge in [0.05, 0.1) is 44.7 Å². The molecule has 0 radical (unpaired) electrons. The molecule has 3 heterocycles. The zero-order valence-corrected chi connectivity index (χ0v) is 18.1. The number of piperazine rings is 1. The van der Waals surface area contributed by atoms with Crippen LogP contribution in [0.25, 0.3) is 16.8 Å². The summed E-state index contributed by atoms with van der Waals surface area (Å²) >= 11 is 6.48. The van der Waals surface area contributed by atoms with Crippen molar-refractivity contribution in [1.29, 1.82) is 0 Å². The van der Waals surface area contributed by atoms with Gasteiger partial charge < -0.3 is 14.9 Å². The summed E-state index contributed by atoms with van der Waals surface area (Å²) in [6.45, 7) is 11.5. The van der Waals surface area contributed by atoms with E-state index in [0.29, 0.717) is 5.02 Å². The van der Waals surface area contributed by atoms with Gasteiger partial charge in [-0.2, -0.15) is 9.61 Å². The minimum absolute atomic E-state index is 0.0809. The molecule has 1 aliphatic heterocycles. The van der Waals surface area contributed by atoms with Crippen molar-refractivity contribution in [2.75, 3.05) is 44.2 Å². The maximum Gasteiger partial charge on any atom is 0.165 e. The number of hydrogen-bond acceptors (Lipinski definition) is 4. The normalized spacial score (nSPS) is 16.0. The molecule has 154 valence electrons. The van der Waals surface area contributed by atoms with Gasteiger partial charge >= 0.3 is 0 Å². The topological polar surface area (TPSA) is 58.1 Å². The van der Waals surface area contributed by atoms with Crippen LogP contribution in [-0.2, 0) is 5.41 Å². The molecule has 0 aliphatic carbocycles. The van der Waals surface area contributed by atoms with Crippen LogP contribution in [0.1, 0.15) is 26.5 Å². The summed E-state index contributed by atoms with van der Waals surface area (Å²) in [7, 11) is 0. The van der Waals surface area contributed by atoms with Crippen LogP contribution in [0.4, 0.5) is 5.82 Å². The number of quaternary nitrogens is 1. The predicted octanol–water partition coefficient (Wildman–Crippen LogP) is 2.04. The maximum atomic E-state index is 9.23. The average Bonchev–Trinajstić information content (AvgIpc) is 3.12. The lowest BCUT2D eigenvalue weighted by molar-refractivity contribution is -0.900. The monoisotopic (exact) mass is 414 g/mol. The van der Waals surface area contributed by atoms with Crippen LogP contribution in [0.3, 0.4) is 0 Å². The van der Waals surface area contributed by atoms with Crippen molar-refractivity contribution >= 4 is 23.1 Å². The number of hydrogen-bond donors (Lipinski definition) is 2. The van der Waals surface area contributed by atoms with E-state index >= 15 is 0 Å². The molecule has 0 bridgehead atoms. The SMILES string of the molecule is CC(C)(C)c1cc(N2CC[NH+](CCO)CC2)n2ncc(-c3ccccc3Cl)c2n1. The average molecular weight is 415 g/mol. The fourth-order valence-corrected chi connectivity index (χ4v) is 4.12. The number of halogens is 1. The number of anilines is 1. The Morgan fingerprint density at radius 2 is 1.86 bits per heavy atom. The van der Waals surface area contributed by atoms with Gasteiger partial charge in [-0.05, 0) is 6.07 Å². The highest BCUT2D eigenvalue weighted by molar-refractivity contribution is 6.33. The molecule has 0 spiro atoms. The summed E-state index contributed by atoms with van der Waals surface area (Å²) in [5.41, 5.74) is 3.70. The fraction of sp³-hybridized carbons (Fsp3) is 0.455. The van der Waals surface area contributed by atoms with Crippen LogP contribution in [0.2, 0.25) is 5.02 Å². The second kappa shape index (κ2) is 7.94. The van der Waals surface area contributed by atoms with Crippen LogP contribution in [0, 0.1) is 0 Å². The Hall–Kier alpha value is -2.15. The number of aromatic nitrogens is 3. The predicted molar refractivity (Wildman–Crippen MR) is 117 cm³/mol. The fourth-order valence-electron chi connectivity index (χ4n) is 3.89. The number of rotatable bonds is 4. The van der Waals surface area contributed by atoms with Crippen molar-refractivity contribution < 1.29 is 10.0 Å². The van der Waals surface area contributed by atoms with Gasteiger partial charge in [0.25, 0.3) is 0 Å². The lowest BCUT2D eigenvalue weighted by atomic mass is 9.91. The first-order valence-corrected chi connectivity index (χ1v) is 10.6. The van der Waals surface area contributed by atoms with Crippen LogP contribution in [0.5, 0.6) is 0 Å². The summed E-state index contributed by atoms with van der Waals surface area (Å²) < 4.78 is 1.95. The highest BCUT2D eigenvalue weighted by atomic mass is 35.5. The van der Waals surface area contributed by atoms with Gasteiger partial charge in [-0.3, -0.25) is 0 Å². The summed E-state index contributed by atoms with van der Waals surface area (Å²) in [5, 5.41) is 14.6. The highest BCUT2D eigenvalue weighted by Crippen LogP contribution is 2.33. The molecule has 7 heteroatoms. The van der Waals surface area contributed by atoms with Crippen molar-refractivity contribution in [3.05, 3.63) is 47.2 Å². The molecule has 6 nitrogen and oxygen atoms in total. The number of fused-ring (bicyclic) bond motifs is 1. The maximum absolute atomic E-state index is 9.23. The van der Waals surface area contributed by atoms with Crippen molar-refractivity contribution in [3.63, 3.8) is 0 Å². The van der Waals surface area contributed by atoms with Gasteiger partial charge in [-0.1, -0.05) is 50.6 Å². The first kappa shape index (κ1) is 20.1. The Balaban J connectivity index is 1.81. The van der Waals surface area contributed by atoms with Crippen LogP contribution in [-0.4, -0.2) is 59.0 Å². The Bertz CT molecular complexity index is 1000. The number of aliphatic hydroxyl groups is 1. The van der Waals surface area contributed by atoms with Crippen molar-refractivity contribution in [2.24, 2.45) is 0 Å². The van der Waals surface area contributed by atoms with Gasteiger partial charge in [0.15, 0.2) is 5.65 Å². The summed E-state index contributed by atoms with van der Waals surface area (Å²) in [4.78, 5) is 8.83. The zero-order valence-electron chi connectivity index (χ0n) is 17.3. The van der Waals surface area contributed by atoms with E-state index in [2.05, 4.69) is 31.7 Å². The third-order valence-electron chi connectivity index (χ3n) is 5.65. The smallest absolute Gasteiger partial charge is 0.165 e. The molecular formula is C22H29ClN5O+. The summed E-state index contributed by atoms with van der Waals surface area (Å²) in [6, 6.07) is 10.0. The number of benzene rings is 1. The van der Waals surface area contributed by atoms with E-state index in [1.54, 1.807) is 0 Å². The molecule has 2 aromatic heterocycles. The van der Waals surface area contributed by atoms with Gasteiger partial charge in [0.1, 0.15) is 12.4 Å². The molecule has 0 unspecified atom stereocenters. The quantitative estimate of drug-likeness (QED) is 0.686. The largest absolute Gasteiger partial charge is 0.391 e. The Kier molecular flexibility index (Phi) is 5.51. The Morgan fingerprint density at radius 1 is 1.14 bits per heavy atom. The zero-order chi connectivity index (χ0) is 20.6. The van der Waals surface area contributed by atoms with Gasteiger partial charge in [0.2, 0.25) is 0 Å². The Labute approximate surface area is 176 Å². The van der Waals surface area contributed by atoms with Crippen molar-refractivity contribution in [2.45, 2.75) is 26.2 Å². The van der Waals surface area contributed by atoms with Crippen molar-refractivity contribution in [1.82, 2.24) is 14.6 Å². The van der Waals surface area contributed by atoms with Gasteiger partial charge in [-0.15, -0.1) is 0 Å². The van der Waals surface area contributed by atoms with Crippen LogP contribution >= 0.6 is 11.6 Å². The lowest BCUT2D eigenvalue weighted by Gasteiger charge is -2.34. The second-order valence-electron chi connectivity index (χ2n) is 8.73. The summed E-state index contributed by atoms with van der Waals surface area (Å²) in [5.74, 6) is 1.07. The van der Waals surface area contributed by atoms with E-state index < -0.39 is 0 Å². The molecule has 1 aliphatic rings. The van der Waals surface area contributed by atoms with Crippen molar-refractivity contribution in [3.8, 4) is 11.1 Å². The van der Waals surface area contributed by atoms with E-state index in [9.17, 15) is 5.11 Å². The molecule has 1 aromatic carbocycles. The van der Waals surface area contributed by atoms with E-state index in [0.717, 1.165) is 61.0 Å². The molecular weight excluding hydrogens is 386 g/mol. The third-order valence-corrected chi connectivity index (χ3v) is 5.97. The molecule has 0 amide bonds. The molecule has 29 heavy (non-hydrogen) atoms. The second-order valence-corrected chi connectivity index (χ2v) is 9.14. The van der Waals surface area contributed by atoms with Gasteiger partial charge in [0, 0.05) is 27.6 Å². The molecule has 2 N–H and O–H groups in total. The van der Waals surface area contributed by atoms with Gasteiger partial charge in [-0.25, -0.2) is 4.98 Å². The van der Waals surface area contributed by atoms with E-state index in [-0.39, 0.29) is 12.0 Å². The molecule has 1 saturated heterocycles. The minimum atomic E-state index is -0.0809. The van der Waals surface area contributed by atoms with E-state index in [1.807, 2.05) is 35.0 Å². The van der Waals surface area contributed by atoms with E-state index in [4.69, 9.17) is 21.7 Å². The first-order valence-electron chi connectivity index (χ1n) is 10.2. The molecule has 1 fully saturated rings. The van der Waals surface area contributed by atoms with E-state index in [1.165, 1.54) is 4.90 Å². The number of nitrogens with zero attached hydrogens (tertiary/aromatic N) is 4. The molecule has 0 saturated carbocycles. The lowest BCUT2D eigenvalue weighted by Crippen LogP contribution is -3.15.